The van der Waals surface area contributed by atoms with Crippen molar-refractivity contribution in [1.29, 1.82) is 5.26 Å². The van der Waals surface area contributed by atoms with Crippen LogP contribution in [-0.2, 0) is 6.42 Å². The van der Waals surface area contributed by atoms with Crippen LogP contribution in [0.5, 0.6) is 0 Å². The Bertz CT molecular complexity index is 689. The normalized spacial score (nSPS) is 10.5. The lowest BCUT2D eigenvalue weighted by Gasteiger charge is -1.95. The van der Waals surface area contributed by atoms with Gasteiger partial charge in [0.25, 0.3) is 0 Å². The van der Waals surface area contributed by atoms with Gasteiger partial charge in [0.1, 0.15) is 11.9 Å². The number of para-hydroxylation sites is 1. The summed E-state index contributed by atoms with van der Waals surface area (Å²) in [5.41, 5.74) is 2.25. The number of H-pyrrole nitrogens is 1. The lowest BCUT2D eigenvalue weighted by Crippen LogP contribution is -1.88. The molecule has 2 heterocycles. The van der Waals surface area contributed by atoms with E-state index in [9.17, 15) is 0 Å². The van der Waals surface area contributed by atoms with E-state index in [2.05, 4.69) is 16.0 Å². The molecule has 3 rings (SSSR count). The second-order valence-electron chi connectivity index (χ2n) is 3.77. The predicted molar refractivity (Wildman–Crippen MR) is 62.3 cm³/mol. The summed E-state index contributed by atoms with van der Waals surface area (Å²) in [7, 11) is 0. The molecule has 4 heteroatoms. The smallest absolute Gasteiger partial charge is 0.151 e. The highest BCUT2D eigenvalue weighted by atomic mass is 16.3. The minimum absolute atomic E-state index is 0.563. The van der Waals surface area contributed by atoms with Crippen molar-refractivity contribution in [3.05, 3.63) is 53.8 Å². The van der Waals surface area contributed by atoms with E-state index in [1.807, 2.05) is 12.1 Å². The monoisotopic (exact) mass is 223 g/mol. The third-order valence-electron chi connectivity index (χ3n) is 2.71. The first-order valence-corrected chi connectivity index (χ1v) is 5.26. The summed E-state index contributed by atoms with van der Waals surface area (Å²) in [6.45, 7) is 0. The molecule has 2 aromatic heterocycles. The van der Waals surface area contributed by atoms with Gasteiger partial charge in [0.15, 0.2) is 5.58 Å². The minimum Gasteiger partial charge on any atom is -0.463 e. The number of furan rings is 1. The summed E-state index contributed by atoms with van der Waals surface area (Å²) < 4.78 is 5.46. The van der Waals surface area contributed by atoms with E-state index < -0.39 is 0 Å². The molecular weight excluding hydrogens is 214 g/mol. The van der Waals surface area contributed by atoms with E-state index in [4.69, 9.17) is 9.68 Å². The average Bonchev–Trinajstić information content (AvgIpc) is 2.99. The van der Waals surface area contributed by atoms with Crippen LogP contribution in [0.3, 0.4) is 0 Å². The van der Waals surface area contributed by atoms with Crippen LogP contribution in [0.4, 0.5) is 0 Å². The standard InChI is InChI=1S/C13H9N3O/c14-7-9-2-1-3-11-10(8-17-13(9)11)6-12-15-4-5-16-12/h1-5,8H,6H2,(H,15,16). The summed E-state index contributed by atoms with van der Waals surface area (Å²) >= 11 is 0. The van der Waals surface area contributed by atoms with Gasteiger partial charge in [-0.1, -0.05) is 12.1 Å². The summed E-state index contributed by atoms with van der Waals surface area (Å²) in [4.78, 5) is 7.23. The average molecular weight is 223 g/mol. The summed E-state index contributed by atoms with van der Waals surface area (Å²) in [6.07, 6.45) is 5.87. The molecule has 0 aliphatic rings. The number of benzene rings is 1. The predicted octanol–water partition coefficient (Wildman–Crippen LogP) is 2.62. The number of nitrogens with one attached hydrogen (secondary N) is 1. The Labute approximate surface area is 97.5 Å². The van der Waals surface area contributed by atoms with Gasteiger partial charge in [-0.3, -0.25) is 0 Å². The molecule has 0 radical (unpaired) electrons. The molecule has 0 atom stereocenters. The van der Waals surface area contributed by atoms with Gasteiger partial charge < -0.3 is 9.40 Å². The third kappa shape index (κ3) is 1.58. The Hall–Kier alpha value is -2.54. The SMILES string of the molecule is N#Cc1cccc2c(Cc3ncc[nH]3)coc12. The van der Waals surface area contributed by atoms with Crippen LogP contribution in [0.25, 0.3) is 11.0 Å². The molecule has 0 saturated carbocycles. The largest absolute Gasteiger partial charge is 0.463 e. The first-order valence-electron chi connectivity index (χ1n) is 5.26. The molecule has 0 aliphatic carbocycles. The highest BCUT2D eigenvalue weighted by Gasteiger charge is 2.10. The first-order chi connectivity index (χ1) is 8.38. The summed E-state index contributed by atoms with van der Waals surface area (Å²) in [6, 6.07) is 7.70. The second-order valence-corrected chi connectivity index (χ2v) is 3.77. The lowest BCUT2D eigenvalue weighted by molar-refractivity contribution is 0.610. The fourth-order valence-electron chi connectivity index (χ4n) is 1.91. The van der Waals surface area contributed by atoms with Crippen molar-refractivity contribution in [3.63, 3.8) is 0 Å². The van der Waals surface area contributed by atoms with Gasteiger partial charge >= 0.3 is 0 Å². The van der Waals surface area contributed by atoms with Gasteiger partial charge in [-0.25, -0.2) is 4.98 Å². The van der Waals surface area contributed by atoms with Gasteiger partial charge in [-0.05, 0) is 6.07 Å². The second kappa shape index (κ2) is 3.80. The van der Waals surface area contributed by atoms with Crippen molar-refractivity contribution >= 4 is 11.0 Å². The van der Waals surface area contributed by atoms with Gasteiger partial charge in [-0.2, -0.15) is 5.26 Å². The van der Waals surface area contributed by atoms with Gasteiger partial charge in [0, 0.05) is 29.8 Å². The number of aromatic nitrogens is 2. The molecule has 0 fully saturated rings. The molecule has 0 spiro atoms. The molecule has 1 N–H and O–H groups in total. The van der Waals surface area contributed by atoms with Crippen molar-refractivity contribution < 1.29 is 4.42 Å². The van der Waals surface area contributed by atoms with Crippen LogP contribution >= 0.6 is 0 Å². The van der Waals surface area contributed by atoms with E-state index >= 15 is 0 Å². The molecule has 3 aromatic rings. The van der Waals surface area contributed by atoms with Crippen LogP contribution < -0.4 is 0 Å². The van der Waals surface area contributed by atoms with E-state index in [1.165, 1.54) is 0 Å². The zero-order valence-corrected chi connectivity index (χ0v) is 8.97. The highest BCUT2D eigenvalue weighted by molar-refractivity contribution is 5.86. The fourth-order valence-corrected chi connectivity index (χ4v) is 1.91. The maximum atomic E-state index is 8.97. The Kier molecular flexibility index (Phi) is 2.16. The number of imidazole rings is 1. The maximum Gasteiger partial charge on any atom is 0.151 e. The van der Waals surface area contributed by atoms with E-state index in [-0.39, 0.29) is 0 Å². The Morgan fingerprint density at radius 2 is 2.35 bits per heavy atom. The van der Waals surface area contributed by atoms with Crippen molar-refractivity contribution in [2.75, 3.05) is 0 Å². The number of nitrogens with zero attached hydrogens (tertiary/aromatic N) is 2. The number of hydrogen-bond donors (Lipinski definition) is 1. The fraction of sp³-hybridized carbons (Fsp3) is 0.0769. The van der Waals surface area contributed by atoms with Crippen LogP contribution in [-0.4, -0.2) is 9.97 Å². The van der Waals surface area contributed by atoms with Crippen LogP contribution in [0, 0.1) is 11.3 Å². The van der Waals surface area contributed by atoms with Crippen LogP contribution in [0.2, 0.25) is 0 Å². The lowest BCUT2D eigenvalue weighted by atomic mass is 10.1. The number of aromatic amines is 1. The molecule has 17 heavy (non-hydrogen) atoms. The van der Waals surface area contributed by atoms with E-state index in [0.29, 0.717) is 17.6 Å². The number of rotatable bonds is 2. The van der Waals surface area contributed by atoms with Gasteiger partial charge in [0.05, 0.1) is 11.8 Å². The molecule has 82 valence electrons. The Morgan fingerprint density at radius 1 is 1.41 bits per heavy atom. The van der Waals surface area contributed by atoms with Crippen molar-refractivity contribution in [2.45, 2.75) is 6.42 Å². The molecule has 0 amide bonds. The molecule has 0 bridgehead atoms. The van der Waals surface area contributed by atoms with Crippen LogP contribution in [0.1, 0.15) is 17.0 Å². The molecule has 4 nitrogen and oxygen atoms in total. The summed E-state index contributed by atoms with van der Waals surface area (Å²) in [5.74, 6) is 0.884. The summed E-state index contributed by atoms with van der Waals surface area (Å²) in [5, 5.41) is 9.95. The van der Waals surface area contributed by atoms with Crippen LogP contribution in [0.15, 0.2) is 41.3 Å². The quantitative estimate of drug-likeness (QED) is 0.726. The number of fused-ring (bicyclic) bond motifs is 1. The third-order valence-corrected chi connectivity index (χ3v) is 2.71. The van der Waals surface area contributed by atoms with Gasteiger partial charge in [-0.15, -0.1) is 0 Å². The van der Waals surface area contributed by atoms with Crippen molar-refractivity contribution in [2.24, 2.45) is 0 Å². The van der Waals surface area contributed by atoms with Crippen molar-refractivity contribution in [1.82, 2.24) is 9.97 Å². The minimum atomic E-state index is 0.563. The van der Waals surface area contributed by atoms with E-state index in [0.717, 1.165) is 16.8 Å². The molecule has 0 saturated heterocycles. The number of hydrogen-bond acceptors (Lipinski definition) is 3. The van der Waals surface area contributed by atoms with Crippen molar-refractivity contribution in [3.8, 4) is 6.07 Å². The van der Waals surface area contributed by atoms with Gasteiger partial charge in [0.2, 0.25) is 0 Å². The highest BCUT2D eigenvalue weighted by Crippen LogP contribution is 2.25. The molecular formula is C13H9N3O. The maximum absolute atomic E-state index is 8.97. The molecule has 1 aromatic carbocycles. The molecule has 0 aliphatic heterocycles. The Morgan fingerprint density at radius 3 is 3.12 bits per heavy atom. The molecule has 0 unspecified atom stereocenters. The number of nitriles is 1. The van der Waals surface area contributed by atoms with E-state index in [1.54, 1.807) is 24.7 Å². The first kappa shape index (κ1) is 9.67. The zero-order chi connectivity index (χ0) is 11.7. The topological polar surface area (TPSA) is 65.6 Å². The zero-order valence-electron chi connectivity index (χ0n) is 8.97. The Balaban J connectivity index is 2.10.